The number of carbonyl (C=O) groups is 1. The Morgan fingerprint density at radius 2 is 2.41 bits per heavy atom. The van der Waals surface area contributed by atoms with E-state index in [0.29, 0.717) is 19.4 Å². The maximum Gasteiger partial charge on any atom is 0.157 e. The molecule has 2 N–H and O–H groups in total. The zero-order valence-electron chi connectivity index (χ0n) is 10.6. The molecule has 96 valence electrons. The van der Waals surface area contributed by atoms with Gasteiger partial charge in [0.05, 0.1) is 12.5 Å². The van der Waals surface area contributed by atoms with Crippen LogP contribution in [0, 0.1) is 0 Å². The van der Waals surface area contributed by atoms with Crippen LogP contribution in [0.25, 0.3) is 0 Å². The Morgan fingerprint density at radius 3 is 3.06 bits per heavy atom. The van der Waals surface area contributed by atoms with Crippen LogP contribution in [0.1, 0.15) is 25.6 Å². The second-order valence-electron chi connectivity index (χ2n) is 4.07. The molecule has 0 bridgehead atoms. The smallest absolute Gasteiger partial charge is 0.157 e. The first-order valence-electron chi connectivity index (χ1n) is 5.96. The van der Waals surface area contributed by atoms with E-state index in [4.69, 9.17) is 10.5 Å². The number of ether oxygens (including phenoxy) is 1. The SMILES string of the molecule is CCCn1ccnc1CC(=O)C(N)CCOC. The number of ketones is 1. The third-order valence-electron chi connectivity index (χ3n) is 2.65. The van der Waals surface area contributed by atoms with Crippen LogP contribution in [0.15, 0.2) is 12.4 Å². The van der Waals surface area contributed by atoms with E-state index >= 15 is 0 Å². The van der Waals surface area contributed by atoms with Gasteiger partial charge in [0.1, 0.15) is 5.82 Å². The topological polar surface area (TPSA) is 70.1 Å². The Bertz CT molecular complexity index is 349. The third-order valence-corrected chi connectivity index (χ3v) is 2.65. The van der Waals surface area contributed by atoms with Crippen LogP contribution >= 0.6 is 0 Å². The highest BCUT2D eigenvalue weighted by Crippen LogP contribution is 2.03. The largest absolute Gasteiger partial charge is 0.385 e. The van der Waals surface area contributed by atoms with E-state index in [1.165, 1.54) is 0 Å². The Morgan fingerprint density at radius 1 is 1.65 bits per heavy atom. The summed E-state index contributed by atoms with van der Waals surface area (Å²) in [6.45, 7) is 3.49. The second-order valence-corrected chi connectivity index (χ2v) is 4.07. The van der Waals surface area contributed by atoms with Crippen LogP contribution in [0.3, 0.4) is 0 Å². The molecular formula is C12H21N3O2. The molecule has 17 heavy (non-hydrogen) atoms. The van der Waals surface area contributed by atoms with E-state index in [1.807, 2.05) is 10.8 Å². The molecular weight excluding hydrogens is 218 g/mol. The van der Waals surface area contributed by atoms with Crippen molar-refractivity contribution in [3.05, 3.63) is 18.2 Å². The molecule has 0 aliphatic heterocycles. The zero-order chi connectivity index (χ0) is 12.7. The van der Waals surface area contributed by atoms with E-state index in [0.717, 1.165) is 18.8 Å². The molecule has 1 unspecified atom stereocenters. The fraction of sp³-hybridized carbons (Fsp3) is 0.667. The third kappa shape index (κ3) is 4.28. The van der Waals surface area contributed by atoms with Crippen LogP contribution in [0.4, 0.5) is 0 Å². The van der Waals surface area contributed by atoms with Gasteiger partial charge < -0.3 is 15.0 Å². The summed E-state index contributed by atoms with van der Waals surface area (Å²) in [7, 11) is 1.60. The Hall–Kier alpha value is -1.20. The van der Waals surface area contributed by atoms with Gasteiger partial charge in [0, 0.05) is 32.7 Å². The number of aromatic nitrogens is 2. The van der Waals surface area contributed by atoms with E-state index in [9.17, 15) is 4.79 Å². The van der Waals surface area contributed by atoms with Crippen molar-refractivity contribution in [2.75, 3.05) is 13.7 Å². The van der Waals surface area contributed by atoms with Crippen LogP contribution in [-0.4, -0.2) is 35.1 Å². The summed E-state index contributed by atoms with van der Waals surface area (Å²) in [4.78, 5) is 16.0. The van der Waals surface area contributed by atoms with Gasteiger partial charge in [0.2, 0.25) is 0 Å². The maximum atomic E-state index is 11.8. The lowest BCUT2D eigenvalue weighted by Gasteiger charge is -2.10. The lowest BCUT2D eigenvalue weighted by Crippen LogP contribution is -2.33. The van der Waals surface area contributed by atoms with Gasteiger partial charge in [-0.15, -0.1) is 0 Å². The van der Waals surface area contributed by atoms with Crippen LogP contribution < -0.4 is 5.73 Å². The lowest BCUT2D eigenvalue weighted by molar-refractivity contribution is -0.120. The molecule has 1 aromatic heterocycles. The van der Waals surface area contributed by atoms with E-state index in [2.05, 4.69) is 11.9 Å². The van der Waals surface area contributed by atoms with Crippen LogP contribution in [0.5, 0.6) is 0 Å². The first-order chi connectivity index (χ1) is 8.19. The van der Waals surface area contributed by atoms with Crippen LogP contribution in [0.2, 0.25) is 0 Å². The number of nitrogens with zero attached hydrogens (tertiary/aromatic N) is 2. The highest BCUT2D eigenvalue weighted by atomic mass is 16.5. The molecule has 0 radical (unpaired) electrons. The number of carbonyl (C=O) groups excluding carboxylic acids is 1. The molecule has 5 heteroatoms. The normalized spacial score (nSPS) is 12.6. The zero-order valence-corrected chi connectivity index (χ0v) is 10.6. The quantitative estimate of drug-likeness (QED) is 0.727. The number of Topliss-reactive ketones (excluding diaryl/α,β-unsaturated/α-hetero) is 1. The molecule has 0 fully saturated rings. The number of hydrogen-bond donors (Lipinski definition) is 1. The number of rotatable bonds is 8. The fourth-order valence-corrected chi connectivity index (χ4v) is 1.64. The predicted octanol–water partition coefficient (Wildman–Crippen LogP) is 0.768. The molecule has 0 saturated carbocycles. The van der Waals surface area contributed by atoms with E-state index in [1.54, 1.807) is 13.3 Å². The number of hydrogen-bond acceptors (Lipinski definition) is 4. The summed E-state index contributed by atoms with van der Waals surface area (Å²) >= 11 is 0. The second kappa shape index (κ2) is 7.19. The van der Waals surface area contributed by atoms with Gasteiger partial charge in [0.25, 0.3) is 0 Å². The molecule has 1 heterocycles. The minimum absolute atomic E-state index is 0.0191. The molecule has 0 saturated heterocycles. The fourth-order valence-electron chi connectivity index (χ4n) is 1.64. The van der Waals surface area contributed by atoms with Crippen molar-refractivity contribution in [2.45, 2.75) is 38.8 Å². The standard InChI is InChI=1S/C12H21N3O2/c1-3-6-15-7-5-14-12(15)9-11(16)10(13)4-8-17-2/h5,7,10H,3-4,6,8-9,13H2,1-2H3. The number of methoxy groups -OCH3 is 1. The van der Waals surface area contributed by atoms with Crippen molar-refractivity contribution < 1.29 is 9.53 Å². The number of imidazole rings is 1. The van der Waals surface area contributed by atoms with E-state index in [-0.39, 0.29) is 5.78 Å². The van der Waals surface area contributed by atoms with Crippen molar-refractivity contribution in [1.29, 1.82) is 0 Å². The van der Waals surface area contributed by atoms with Crippen molar-refractivity contribution in [2.24, 2.45) is 5.73 Å². The van der Waals surface area contributed by atoms with Gasteiger partial charge in [0.15, 0.2) is 5.78 Å². The highest BCUT2D eigenvalue weighted by molar-refractivity contribution is 5.85. The molecule has 0 spiro atoms. The van der Waals surface area contributed by atoms with Crippen molar-refractivity contribution in [1.82, 2.24) is 9.55 Å². The van der Waals surface area contributed by atoms with Gasteiger partial charge >= 0.3 is 0 Å². The van der Waals surface area contributed by atoms with Gasteiger partial charge in [-0.1, -0.05) is 6.92 Å². The van der Waals surface area contributed by atoms with E-state index < -0.39 is 6.04 Å². The predicted molar refractivity (Wildman–Crippen MR) is 65.7 cm³/mol. The Balaban J connectivity index is 2.52. The first-order valence-corrected chi connectivity index (χ1v) is 5.96. The molecule has 5 nitrogen and oxygen atoms in total. The average Bonchev–Trinajstić information content (AvgIpc) is 2.74. The van der Waals surface area contributed by atoms with Gasteiger partial charge in [-0.25, -0.2) is 4.98 Å². The minimum Gasteiger partial charge on any atom is -0.385 e. The number of nitrogens with two attached hydrogens (primary N) is 1. The Kier molecular flexibility index (Phi) is 5.86. The molecule has 0 aromatic carbocycles. The summed E-state index contributed by atoms with van der Waals surface area (Å²) in [5, 5.41) is 0. The molecule has 1 rings (SSSR count). The molecule has 1 aromatic rings. The average molecular weight is 239 g/mol. The van der Waals surface area contributed by atoms with Gasteiger partial charge in [-0.2, -0.15) is 0 Å². The van der Waals surface area contributed by atoms with Gasteiger partial charge in [-0.05, 0) is 12.8 Å². The van der Waals surface area contributed by atoms with Crippen molar-refractivity contribution in [3.63, 3.8) is 0 Å². The summed E-state index contributed by atoms with van der Waals surface area (Å²) in [6, 6.07) is -0.457. The van der Waals surface area contributed by atoms with Gasteiger partial charge in [-0.3, -0.25) is 4.79 Å². The van der Waals surface area contributed by atoms with Crippen molar-refractivity contribution in [3.8, 4) is 0 Å². The summed E-state index contributed by atoms with van der Waals surface area (Å²) in [5.41, 5.74) is 5.78. The molecule has 0 aliphatic rings. The minimum atomic E-state index is -0.457. The number of aryl methyl sites for hydroxylation is 1. The monoisotopic (exact) mass is 239 g/mol. The molecule has 1 atom stereocenters. The van der Waals surface area contributed by atoms with Crippen molar-refractivity contribution >= 4 is 5.78 Å². The molecule has 0 aliphatic carbocycles. The molecule has 0 amide bonds. The first kappa shape index (κ1) is 13.9. The lowest BCUT2D eigenvalue weighted by atomic mass is 10.1. The maximum absolute atomic E-state index is 11.8. The summed E-state index contributed by atoms with van der Waals surface area (Å²) in [6.07, 6.45) is 5.50. The highest BCUT2D eigenvalue weighted by Gasteiger charge is 2.16. The summed E-state index contributed by atoms with van der Waals surface area (Å²) in [5.74, 6) is 0.815. The van der Waals surface area contributed by atoms with Crippen LogP contribution in [-0.2, 0) is 22.5 Å². The summed E-state index contributed by atoms with van der Waals surface area (Å²) < 4.78 is 6.91. The Labute approximate surface area is 102 Å².